The first kappa shape index (κ1) is 26.4. The lowest BCUT2D eigenvalue weighted by atomic mass is 10.1. The fourth-order valence-corrected chi connectivity index (χ4v) is 5.54. The van der Waals surface area contributed by atoms with Crippen LogP contribution in [0.25, 0.3) is 11.3 Å². The van der Waals surface area contributed by atoms with Crippen LogP contribution in [0.15, 0.2) is 112 Å². The Balaban J connectivity index is 1.25. The van der Waals surface area contributed by atoms with Gasteiger partial charge in [0.1, 0.15) is 17.2 Å². The third-order valence-corrected chi connectivity index (χ3v) is 7.96. The van der Waals surface area contributed by atoms with Crippen LogP contribution in [0.3, 0.4) is 0 Å². The standard InChI is InChI=1S/C29H22ClN3O4S2/c1-36-28-17-25(14-15-26(28)30)39(34,35)33-22-12-10-21(11-13-22)27-19-38-29(32-27)31-18-20-6-5-9-24(16-20)37-23-7-3-2-4-8-23/h2-19,33H,1H3. The monoisotopic (exact) mass is 575 g/mol. The highest BCUT2D eigenvalue weighted by Crippen LogP contribution is 2.30. The number of para-hydroxylation sites is 1. The van der Waals surface area contributed by atoms with E-state index in [4.69, 9.17) is 21.1 Å². The Kier molecular flexibility index (Phi) is 7.92. The molecule has 0 bridgehead atoms. The summed E-state index contributed by atoms with van der Waals surface area (Å²) in [5, 5.41) is 2.83. The highest BCUT2D eigenvalue weighted by molar-refractivity contribution is 7.92. The summed E-state index contributed by atoms with van der Waals surface area (Å²) in [6.07, 6.45) is 1.74. The van der Waals surface area contributed by atoms with E-state index in [9.17, 15) is 8.42 Å². The van der Waals surface area contributed by atoms with Crippen LogP contribution in [-0.2, 0) is 10.0 Å². The number of thiazole rings is 1. The molecule has 1 heterocycles. The summed E-state index contributed by atoms with van der Waals surface area (Å²) >= 11 is 7.42. The Morgan fingerprint density at radius 3 is 2.46 bits per heavy atom. The highest BCUT2D eigenvalue weighted by atomic mass is 35.5. The summed E-state index contributed by atoms with van der Waals surface area (Å²) in [5.74, 6) is 1.76. The van der Waals surface area contributed by atoms with E-state index in [1.165, 1.54) is 36.6 Å². The number of ether oxygens (including phenoxy) is 2. The quantitative estimate of drug-likeness (QED) is 0.181. The number of benzene rings is 4. The average Bonchev–Trinajstić information content (AvgIpc) is 3.42. The predicted octanol–water partition coefficient (Wildman–Crippen LogP) is 7.82. The summed E-state index contributed by atoms with van der Waals surface area (Å²) in [6.45, 7) is 0. The number of anilines is 1. The summed E-state index contributed by atoms with van der Waals surface area (Å²) in [7, 11) is -2.39. The second-order valence-corrected chi connectivity index (χ2v) is 11.2. The lowest BCUT2D eigenvalue weighted by molar-refractivity contribution is 0.413. The lowest BCUT2D eigenvalue weighted by Gasteiger charge is -2.10. The number of hydrogen-bond acceptors (Lipinski definition) is 7. The zero-order valence-electron chi connectivity index (χ0n) is 20.6. The van der Waals surface area contributed by atoms with Gasteiger partial charge in [0.25, 0.3) is 10.0 Å². The molecule has 0 radical (unpaired) electrons. The molecule has 7 nitrogen and oxygen atoms in total. The maximum atomic E-state index is 12.8. The van der Waals surface area contributed by atoms with Crippen LogP contribution in [-0.4, -0.2) is 26.7 Å². The van der Waals surface area contributed by atoms with Gasteiger partial charge in [-0.2, -0.15) is 0 Å². The number of aliphatic imine (C=N–C) groups is 1. The van der Waals surface area contributed by atoms with E-state index in [1.807, 2.05) is 60.0 Å². The van der Waals surface area contributed by atoms with Crippen molar-refractivity contribution in [3.8, 4) is 28.5 Å². The van der Waals surface area contributed by atoms with Gasteiger partial charge in [0.2, 0.25) is 5.13 Å². The topological polar surface area (TPSA) is 89.9 Å². The average molecular weight is 576 g/mol. The summed E-state index contributed by atoms with van der Waals surface area (Å²) in [4.78, 5) is 9.14. The van der Waals surface area contributed by atoms with Gasteiger partial charge in [-0.15, -0.1) is 11.3 Å². The normalized spacial score (nSPS) is 11.4. The first-order chi connectivity index (χ1) is 18.9. The molecular formula is C29H22ClN3O4S2. The van der Waals surface area contributed by atoms with E-state index in [-0.39, 0.29) is 10.6 Å². The third kappa shape index (κ3) is 6.64. The first-order valence-corrected chi connectivity index (χ1v) is 14.4. The number of nitrogens with one attached hydrogen (secondary N) is 1. The number of nitrogens with zero attached hydrogens (tertiary/aromatic N) is 2. The molecular weight excluding hydrogens is 554 g/mol. The van der Waals surface area contributed by atoms with Crippen molar-refractivity contribution < 1.29 is 17.9 Å². The van der Waals surface area contributed by atoms with Gasteiger partial charge in [-0.25, -0.2) is 18.4 Å². The van der Waals surface area contributed by atoms with Gasteiger partial charge in [-0.05, 0) is 54.1 Å². The van der Waals surface area contributed by atoms with E-state index >= 15 is 0 Å². The van der Waals surface area contributed by atoms with Crippen molar-refractivity contribution in [2.24, 2.45) is 4.99 Å². The van der Waals surface area contributed by atoms with E-state index in [0.717, 1.165) is 28.3 Å². The minimum absolute atomic E-state index is 0.0481. The maximum absolute atomic E-state index is 12.8. The molecule has 0 fully saturated rings. The second-order valence-electron chi connectivity index (χ2n) is 8.24. The van der Waals surface area contributed by atoms with Gasteiger partial charge in [0, 0.05) is 28.9 Å². The molecule has 0 aliphatic carbocycles. The molecule has 1 N–H and O–H groups in total. The molecule has 5 rings (SSSR count). The van der Waals surface area contributed by atoms with Crippen molar-refractivity contribution in [3.05, 3.63) is 113 Å². The molecule has 5 aromatic rings. The molecule has 1 aromatic heterocycles. The maximum Gasteiger partial charge on any atom is 0.262 e. The minimum atomic E-state index is -3.82. The molecule has 0 saturated carbocycles. The largest absolute Gasteiger partial charge is 0.495 e. The van der Waals surface area contributed by atoms with Crippen molar-refractivity contribution in [3.63, 3.8) is 0 Å². The Morgan fingerprint density at radius 2 is 1.69 bits per heavy atom. The number of hydrogen-bond donors (Lipinski definition) is 1. The number of aromatic nitrogens is 1. The Hall–Kier alpha value is -4.18. The lowest BCUT2D eigenvalue weighted by Crippen LogP contribution is -2.13. The van der Waals surface area contributed by atoms with Crippen molar-refractivity contribution in [1.29, 1.82) is 0 Å². The Morgan fingerprint density at radius 1 is 0.923 bits per heavy atom. The second kappa shape index (κ2) is 11.7. The van der Waals surface area contributed by atoms with Crippen LogP contribution in [0.4, 0.5) is 10.8 Å². The summed E-state index contributed by atoms with van der Waals surface area (Å²) < 4.78 is 39.2. The SMILES string of the molecule is COc1cc(S(=O)(=O)Nc2ccc(-c3csc(N=Cc4cccc(Oc5ccccc5)c4)n3)cc2)ccc1Cl. The summed E-state index contributed by atoms with van der Waals surface area (Å²) in [5.41, 5.74) is 2.88. The molecule has 0 saturated heterocycles. The van der Waals surface area contributed by atoms with Gasteiger partial charge in [0.05, 0.1) is 22.7 Å². The third-order valence-electron chi connectivity index (χ3n) is 5.52. The van der Waals surface area contributed by atoms with E-state index in [2.05, 4.69) is 14.7 Å². The van der Waals surface area contributed by atoms with Crippen LogP contribution in [0.2, 0.25) is 5.02 Å². The van der Waals surface area contributed by atoms with Gasteiger partial charge in [0.15, 0.2) is 0 Å². The molecule has 0 aliphatic rings. The molecule has 10 heteroatoms. The molecule has 0 spiro atoms. The van der Waals surface area contributed by atoms with E-state index < -0.39 is 10.0 Å². The molecule has 0 amide bonds. The predicted molar refractivity (Wildman–Crippen MR) is 157 cm³/mol. The van der Waals surface area contributed by atoms with Gasteiger partial charge in [-0.1, -0.05) is 54.1 Å². The number of methoxy groups -OCH3 is 1. The van der Waals surface area contributed by atoms with Crippen LogP contribution in [0.5, 0.6) is 17.2 Å². The molecule has 4 aromatic carbocycles. The zero-order chi connectivity index (χ0) is 27.2. The smallest absolute Gasteiger partial charge is 0.262 e. The minimum Gasteiger partial charge on any atom is -0.495 e. The molecule has 0 aliphatic heterocycles. The van der Waals surface area contributed by atoms with Crippen LogP contribution < -0.4 is 14.2 Å². The molecule has 196 valence electrons. The van der Waals surface area contributed by atoms with Gasteiger partial charge >= 0.3 is 0 Å². The van der Waals surface area contributed by atoms with E-state index in [1.54, 1.807) is 30.5 Å². The number of rotatable bonds is 9. The van der Waals surface area contributed by atoms with Crippen LogP contribution >= 0.6 is 22.9 Å². The van der Waals surface area contributed by atoms with Gasteiger partial charge in [-0.3, -0.25) is 4.72 Å². The zero-order valence-corrected chi connectivity index (χ0v) is 23.0. The summed E-state index contributed by atoms with van der Waals surface area (Å²) in [6, 6.07) is 28.5. The van der Waals surface area contributed by atoms with Crippen molar-refractivity contribution in [2.45, 2.75) is 4.90 Å². The van der Waals surface area contributed by atoms with Crippen molar-refractivity contribution in [2.75, 3.05) is 11.8 Å². The fraction of sp³-hybridized carbons (Fsp3) is 0.0345. The fourth-order valence-electron chi connectivity index (χ4n) is 3.60. The molecule has 0 atom stereocenters. The molecule has 0 unspecified atom stereocenters. The van der Waals surface area contributed by atoms with Crippen LogP contribution in [0, 0.1) is 0 Å². The first-order valence-electron chi connectivity index (χ1n) is 11.7. The number of halogens is 1. The van der Waals surface area contributed by atoms with Crippen LogP contribution in [0.1, 0.15) is 5.56 Å². The van der Waals surface area contributed by atoms with Crippen molar-refractivity contribution in [1.82, 2.24) is 4.98 Å². The molecule has 39 heavy (non-hydrogen) atoms. The van der Waals surface area contributed by atoms with Gasteiger partial charge < -0.3 is 9.47 Å². The number of sulfonamides is 1. The van der Waals surface area contributed by atoms with Crippen molar-refractivity contribution >= 4 is 50.0 Å². The van der Waals surface area contributed by atoms with E-state index in [0.29, 0.717) is 15.8 Å². The highest BCUT2D eigenvalue weighted by Gasteiger charge is 2.17. The Bertz CT molecular complexity index is 1720. The Labute approximate surface area is 235 Å².